The first kappa shape index (κ1) is 15.5. The lowest BCUT2D eigenvalue weighted by Gasteiger charge is -1.98. The van der Waals surface area contributed by atoms with Gasteiger partial charge in [-0.25, -0.2) is 4.79 Å². The van der Waals surface area contributed by atoms with Crippen LogP contribution in [0.1, 0.15) is 13.8 Å². The SMILES string of the molecule is CC1(C)C(/C=C/C(=O)OC(C#N)=C(Cl)Cl)C1C(=O)O. The van der Waals surface area contributed by atoms with Crippen molar-refractivity contribution in [1.29, 1.82) is 5.26 Å². The van der Waals surface area contributed by atoms with Crippen molar-refractivity contribution in [1.82, 2.24) is 0 Å². The number of rotatable bonds is 4. The van der Waals surface area contributed by atoms with Crippen LogP contribution in [-0.4, -0.2) is 17.0 Å². The molecule has 0 aromatic carbocycles. The second-order valence-corrected chi connectivity index (χ2v) is 5.59. The Morgan fingerprint density at radius 1 is 1.42 bits per heavy atom. The van der Waals surface area contributed by atoms with Crippen LogP contribution in [0.5, 0.6) is 0 Å². The normalized spacial score (nSPS) is 23.5. The predicted molar refractivity (Wildman–Crippen MR) is 68.0 cm³/mol. The number of halogens is 2. The molecule has 0 bridgehead atoms. The zero-order chi connectivity index (χ0) is 14.8. The van der Waals surface area contributed by atoms with E-state index < -0.39 is 33.5 Å². The summed E-state index contributed by atoms with van der Waals surface area (Å²) in [6.45, 7) is 3.59. The van der Waals surface area contributed by atoms with E-state index in [2.05, 4.69) is 4.74 Å². The number of carboxylic acids is 1. The van der Waals surface area contributed by atoms with Crippen LogP contribution in [0.4, 0.5) is 0 Å². The molecule has 102 valence electrons. The number of hydrogen-bond donors (Lipinski definition) is 1. The van der Waals surface area contributed by atoms with Crippen LogP contribution >= 0.6 is 23.2 Å². The van der Waals surface area contributed by atoms with Crippen molar-refractivity contribution in [3.05, 3.63) is 22.4 Å². The summed E-state index contributed by atoms with van der Waals surface area (Å²) >= 11 is 10.6. The van der Waals surface area contributed by atoms with E-state index in [1.807, 2.05) is 0 Å². The molecule has 0 aliphatic heterocycles. The highest BCUT2D eigenvalue weighted by molar-refractivity contribution is 6.56. The molecule has 0 aromatic heterocycles. The number of nitriles is 1. The molecule has 5 nitrogen and oxygen atoms in total. The van der Waals surface area contributed by atoms with Gasteiger partial charge in [-0.3, -0.25) is 4.79 Å². The number of nitrogens with zero attached hydrogens (tertiary/aromatic N) is 1. The van der Waals surface area contributed by atoms with Crippen LogP contribution in [0, 0.1) is 28.6 Å². The molecule has 1 saturated carbocycles. The zero-order valence-corrected chi connectivity index (χ0v) is 11.7. The summed E-state index contributed by atoms with van der Waals surface area (Å²) < 4.78 is 4.14. The van der Waals surface area contributed by atoms with Gasteiger partial charge in [-0.2, -0.15) is 5.26 Å². The number of allylic oxidation sites excluding steroid dienone is 2. The average Bonchev–Trinajstić information content (AvgIpc) is 2.85. The summed E-state index contributed by atoms with van der Waals surface area (Å²) in [5.74, 6) is -3.02. The first-order valence-corrected chi connectivity index (χ1v) is 6.05. The van der Waals surface area contributed by atoms with Crippen molar-refractivity contribution >= 4 is 35.1 Å². The molecule has 2 atom stereocenters. The third-order valence-electron chi connectivity index (χ3n) is 3.09. The van der Waals surface area contributed by atoms with Gasteiger partial charge >= 0.3 is 11.9 Å². The Kier molecular flexibility index (Phi) is 4.61. The molecule has 7 heteroatoms. The van der Waals surface area contributed by atoms with Gasteiger partial charge in [0.2, 0.25) is 5.76 Å². The van der Waals surface area contributed by atoms with Gasteiger partial charge in [0.05, 0.1) is 5.92 Å². The van der Waals surface area contributed by atoms with E-state index in [9.17, 15) is 9.59 Å². The minimum absolute atomic E-state index is 0.251. The van der Waals surface area contributed by atoms with Gasteiger partial charge in [-0.05, 0) is 11.3 Å². The van der Waals surface area contributed by atoms with Gasteiger partial charge in [-0.15, -0.1) is 0 Å². The van der Waals surface area contributed by atoms with Crippen LogP contribution in [0.2, 0.25) is 0 Å². The highest BCUT2D eigenvalue weighted by Crippen LogP contribution is 2.59. The summed E-state index contributed by atoms with van der Waals surface area (Å²) in [6.07, 6.45) is 2.53. The van der Waals surface area contributed by atoms with Gasteiger partial charge in [0.1, 0.15) is 6.07 Å². The van der Waals surface area contributed by atoms with Gasteiger partial charge in [0, 0.05) is 6.08 Å². The first-order chi connectivity index (χ1) is 8.71. The molecule has 19 heavy (non-hydrogen) atoms. The molecule has 0 saturated heterocycles. The second-order valence-electron chi connectivity index (χ2n) is 4.64. The largest absolute Gasteiger partial charge is 0.481 e. The third kappa shape index (κ3) is 3.49. The number of esters is 1. The maximum Gasteiger partial charge on any atom is 0.336 e. The Labute approximate surface area is 120 Å². The Hall–Kier alpha value is -1.51. The Morgan fingerprint density at radius 2 is 2.00 bits per heavy atom. The van der Waals surface area contributed by atoms with Crippen LogP contribution in [0.25, 0.3) is 0 Å². The lowest BCUT2D eigenvalue weighted by atomic mass is 10.1. The fourth-order valence-corrected chi connectivity index (χ4v) is 2.09. The van der Waals surface area contributed by atoms with E-state index in [0.717, 1.165) is 6.08 Å². The van der Waals surface area contributed by atoms with Gasteiger partial charge in [0.15, 0.2) is 4.49 Å². The van der Waals surface area contributed by atoms with Gasteiger partial charge < -0.3 is 9.84 Å². The van der Waals surface area contributed by atoms with Crippen molar-refractivity contribution < 1.29 is 19.4 Å². The minimum Gasteiger partial charge on any atom is -0.481 e. The maximum atomic E-state index is 11.4. The first-order valence-electron chi connectivity index (χ1n) is 5.30. The van der Waals surface area contributed by atoms with Crippen LogP contribution < -0.4 is 0 Å². The molecule has 0 heterocycles. The van der Waals surface area contributed by atoms with E-state index >= 15 is 0 Å². The van der Waals surface area contributed by atoms with Crippen molar-refractivity contribution in [3.63, 3.8) is 0 Å². The summed E-state index contributed by atoms with van der Waals surface area (Å²) in [5, 5.41) is 17.5. The Bertz CT molecular complexity index is 512. The number of ether oxygens (including phenoxy) is 1. The molecule has 2 unspecified atom stereocenters. The summed E-state index contributed by atoms with van der Waals surface area (Å²) in [7, 11) is 0. The number of carboxylic acid groups (broad SMARTS) is 1. The lowest BCUT2D eigenvalue weighted by molar-refractivity contribution is -0.139. The summed E-state index contributed by atoms with van der Waals surface area (Å²) in [5.41, 5.74) is -0.402. The summed E-state index contributed by atoms with van der Waals surface area (Å²) in [4.78, 5) is 22.3. The second kappa shape index (κ2) is 5.64. The Balaban J connectivity index is 2.65. The number of carbonyl (C=O) groups excluding carboxylic acids is 1. The molecule has 0 aromatic rings. The van der Waals surface area contributed by atoms with E-state index in [1.54, 1.807) is 13.8 Å². The molecule has 1 aliphatic rings. The standard InChI is InChI=1S/C12H11Cl2NO4/c1-12(2)6(9(12)11(17)18)3-4-8(16)19-7(5-15)10(13)14/h3-4,6,9H,1-2H3,(H,17,18)/b4-3+. The van der Waals surface area contributed by atoms with E-state index in [1.165, 1.54) is 12.1 Å². The topological polar surface area (TPSA) is 87.4 Å². The van der Waals surface area contributed by atoms with Crippen molar-refractivity contribution in [2.24, 2.45) is 17.3 Å². The molecule has 0 spiro atoms. The molecule has 1 aliphatic carbocycles. The molecule has 0 amide bonds. The predicted octanol–water partition coefficient (Wildman–Crippen LogP) is 2.61. The molecular weight excluding hydrogens is 293 g/mol. The van der Waals surface area contributed by atoms with Crippen molar-refractivity contribution in [3.8, 4) is 6.07 Å². The summed E-state index contributed by atoms with van der Waals surface area (Å²) in [6, 6.07) is 1.52. The fourth-order valence-electron chi connectivity index (χ4n) is 1.93. The van der Waals surface area contributed by atoms with Gasteiger partial charge in [-0.1, -0.05) is 43.1 Å². The monoisotopic (exact) mass is 303 g/mol. The highest BCUT2D eigenvalue weighted by atomic mass is 35.5. The van der Waals surface area contributed by atoms with E-state index in [4.69, 9.17) is 33.6 Å². The quantitative estimate of drug-likeness (QED) is 0.373. The molecule has 1 N–H and O–H groups in total. The van der Waals surface area contributed by atoms with Gasteiger partial charge in [0.25, 0.3) is 0 Å². The third-order valence-corrected chi connectivity index (χ3v) is 3.44. The van der Waals surface area contributed by atoms with E-state index in [-0.39, 0.29) is 5.92 Å². The fraction of sp³-hybridized carbons (Fsp3) is 0.417. The van der Waals surface area contributed by atoms with Crippen molar-refractivity contribution in [2.45, 2.75) is 13.8 Å². The molecule has 0 radical (unpaired) electrons. The van der Waals surface area contributed by atoms with Crippen LogP contribution in [-0.2, 0) is 14.3 Å². The van der Waals surface area contributed by atoms with Crippen molar-refractivity contribution in [2.75, 3.05) is 0 Å². The number of carbonyl (C=O) groups is 2. The van der Waals surface area contributed by atoms with E-state index in [0.29, 0.717) is 0 Å². The van der Waals surface area contributed by atoms with Crippen LogP contribution in [0.15, 0.2) is 22.4 Å². The smallest absolute Gasteiger partial charge is 0.336 e. The number of aliphatic carboxylic acids is 1. The average molecular weight is 304 g/mol. The zero-order valence-electron chi connectivity index (χ0n) is 10.2. The molecular formula is C12H11Cl2NO4. The molecule has 1 rings (SSSR count). The maximum absolute atomic E-state index is 11.4. The highest BCUT2D eigenvalue weighted by Gasteiger charge is 2.60. The number of hydrogen-bond acceptors (Lipinski definition) is 4. The Morgan fingerprint density at radius 3 is 2.37 bits per heavy atom. The lowest BCUT2D eigenvalue weighted by Crippen LogP contribution is -2.03. The van der Waals surface area contributed by atoms with Crippen LogP contribution in [0.3, 0.4) is 0 Å². The minimum atomic E-state index is -0.908. The molecule has 1 fully saturated rings.